The first-order chi connectivity index (χ1) is 14.9. The summed E-state index contributed by atoms with van der Waals surface area (Å²) in [5.74, 6) is -1.64. The van der Waals surface area contributed by atoms with Gasteiger partial charge in [0.25, 0.3) is 0 Å². The van der Waals surface area contributed by atoms with Crippen LogP contribution in [0.3, 0.4) is 0 Å². The lowest BCUT2D eigenvalue weighted by Gasteiger charge is -2.20. The third-order valence-corrected chi connectivity index (χ3v) is 5.22. The number of carbonyl (C=O) groups excluding carboxylic acids is 2. The van der Waals surface area contributed by atoms with Gasteiger partial charge in [0.05, 0.1) is 11.1 Å². The van der Waals surface area contributed by atoms with Gasteiger partial charge in [-0.15, -0.1) is 0 Å². The first kappa shape index (κ1) is 25.7. The number of para-hydroxylation sites is 1. The van der Waals surface area contributed by atoms with Crippen molar-refractivity contribution >= 4 is 33.4 Å². The van der Waals surface area contributed by atoms with Crippen molar-refractivity contribution in [1.82, 2.24) is 5.32 Å². The van der Waals surface area contributed by atoms with E-state index in [4.69, 9.17) is 4.74 Å². The zero-order chi connectivity index (χ0) is 23.9. The van der Waals surface area contributed by atoms with Gasteiger partial charge < -0.3 is 15.4 Å². The first-order valence-electron chi connectivity index (χ1n) is 10.0. The summed E-state index contributed by atoms with van der Waals surface area (Å²) in [6.45, 7) is 6.69. The van der Waals surface area contributed by atoms with Crippen LogP contribution in [0.2, 0.25) is 0 Å². The van der Waals surface area contributed by atoms with Gasteiger partial charge in [0.15, 0.2) is 0 Å². The maximum Gasteiger partial charge on any atom is 0.471 e. The topological polar surface area (TPSA) is 67.4 Å². The average molecular weight is 515 g/mol. The minimum absolute atomic E-state index is 0.00186. The molecule has 0 radical (unpaired) electrons. The van der Waals surface area contributed by atoms with Crippen molar-refractivity contribution in [3.8, 4) is 5.75 Å². The van der Waals surface area contributed by atoms with Crippen LogP contribution in [0.25, 0.3) is 0 Å². The van der Waals surface area contributed by atoms with Crippen LogP contribution in [-0.4, -0.2) is 24.6 Å². The van der Waals surface area contributed by atoms with Crippen molar-refractivity contribution < 1.29 is 27.5 Å². The Kier molecular flexibility index (Phi) is 8.72. The lowest BCUT2D eigenvalue weighted by Crippen LogP contribution is -2.31. The predicted molar refractivity (Wildman–Crippen MR) is 121 cm³/mol. The highest BCUT2D eigenvalue weighted by Gasteiger charge is 2.38. The molecule has 2 N–H and O–H groups in total. The summed E-state index contributed by atoms with van der Waals surface area (Å²) in [6, 6.07) is 11.9. The molecule has 0 aliphatic rings. The Morgan fingerprint density at radius 1 is 1.06 bits per heavy atom. The molecule has 0 atom stereocenters. The fourth-order valence-electron chi connectivity index (χ4n) is 2.77. The third-order valence-electron chi connectivity index (χ3n) is 4.60. The fraction of sp³-hybridized carbons (Fsp3) is 0.391. The molecule has 0 saturated carbocycles. The second kappa shape index (κ2) is 10.8. The molecule has 5 nitrogen and oxygen atoms in total. The van der Waals surface area contributed by atoms with Crippen LogP contribution >= 0.6 is 15.9 Å². The number of hydrogen-bond donors (Lipinski definition) is 2. The van der Waals surface area contributed by atoms with Gasteiger partial charge in [0, 0.05) is 18.7 Å². The normalized spacial score (nSPS) is 11.7. The van der Waals surface area contributed by atoms with Gasteiger partial charge in [0.1, 0.15) is 5.75 Å². The highest BCUT2D eigenvalue weighted by Crippen LogP contribution is 2.31. The summed E-state index contributed by atoms with van der Waals surface area (Å²) in [7, 11) is 0. The Bertz CT molecular complexity index is 956. The molecular formula is C23H26BrF3N2O3. The third kappa shape index (κ3) is 7.85. The van der Waals surface area contributed by atoms with Crippen molar-refractivity contribution in [3.05, 3.63) is 58.1 Å². The largest absolute Gasteiger partial charge is 0.492 e. The number of amides is 2. The molecule has 2 aromatic carbocycles. The molecule has 0 fully saturated rings. The fourth-order valence-corrected chi connectivity index (χ4v) is 3.26. The van der Waals surface area contributed by atoms with Crippen LogP contribution in [0.15, 0.2) is 46.9 Å². The molecule has 0 aliphatic heterocycles. The van der Waals surface area contributed by atoms with Crippen LogP contribution in [-0.2, 0) is 21.5 Å². The number of ether oxygens (including phenoxy) is 1. The Hall–Kier alpha value is -2.55. The molecule has 2 rings (SSSR count). The van der Waals surface area contributed by atoms with Crippen molar-refractivity contribution in [1.29, 1.82) is 0 Å². The molecule has 0 aromatic heterocycles. The Morgan fingerprint density at radius 2 is 1.75 bits per heavy atom. The molecular weight excluding hydrogens is 489 g/mol. The van der Waals surface area contributed by atoms with Gasteiger partial charge in [0.2, 0.25) is 5.91 Å². The van der Waals surface area contributed by atoms with E-state index in [2.05, 4.69) is 42.0 Å². The molecule has 32 heavy (non-hydrogen) atoms. The number of carbonyl (C=O) groups is 2. The van der Waals surface area contributed by atoms with Gasteiger partial charge in [-0.2, -0.15) is 13.2 Å². The van der Waals surface area contributed by atoms with E-state index in [0.29, 0.717) is 24.3 Å². The Labute approximate surface area is 193 Å². The van der Waals surface area contributed by atoms with Gasteiger partial charge in [-0.25, -0.2) is 0 Å². The highest BCUT2D eigenvalue weighted by molar-refractivity contribution is 9.10. The van der Waals surface area contributed by atoms with Gasteiger partial charge in [-0.05, 0) is 57.1 Å². The molecule has 2 amide bonds. The summed E-state index contributed by atoms with van der Waals surface area (Å²) >= 11 is 3.50. The van der Waals surface area contributed by atoms with Crippen molar-refractivity contribution in [3.63, 3.8) is 0 Å². The van der Waals surface area contributed by atoms with E-state index in [1.165, 1.54) is 23.8 Å². The monoisotopic (exact) mass is 514 g/mol. The zero-order valence-electron chi connectivity index (χ0n) is 18.1. The molecule has 0 heterocycles. The standard InChI is InChI=1S/C23H26BrF3N2O3/c1-22(2,3)16-10-11-19(17(24)13-16)32-12-6-9-20(30)28-14-15-7-4-5-8-18(15)29-21(31)23(25,26)27/h4-5,7-8,10-11,13H,6,9,12,14H2,1-3H3,(H,28,30)(H,29,31). The second-order valence-electron chi connectivity index (χ2n) is 8.23. The summed E-state index contributed by atoms with van der Waals surface area (Å²) in [4.78, 5) is 23.3. The van der Waals surface area contributed by atoms with Gasteiger partial charge >= 0.3 is 12.1 Å². The van der Waals surface area contributed by atoms with Crippen LogP contribution in [0.5, 0.6) is 5.75 Å². The molecule has 9 heteroatoms. The summed E-state index contributed by atoms with van der Waals surface area (Å²) in [5.41, 5.74) is 1.57. The van der Waals surface area contributed by atoms with Crippen molar-refractivity contribution in [2.24, 2.45) is 0 Å². The van der Waals surface area contributed by atoms with Crippen LogP contribution in [0.4, 0.5) is 18.9 Å². The number of anilines is 1. The summed E-state index contributed by atoms with van der Waals surface area (Å²) < 4.78 is 44.0. The van der Waals surface area contributed by atoms with E-state index < -0.39 is 12.1 Å². The Balaban J connectivity index is 1.80. The SMILES string of the molecule is CC(C)(C)c1ccc(OCCCC(=O)NCc2ccccc2NC(=O)C(F)(F)F)c(Br)c1. The van der Waals surface area contributed by atoms with Crippen LogP contribution < -0.4 is 15.4 Å². The predicted octanol–water partition coefficient (Wildman–Crippen LogP) is 5.72. The molecule has 0 saturated heterocycles. The zero-order valence-corrected chi connectivity index (χ0v) is 19.7. The number of nitrogens with one attached hydrogen (secondary N) is 2. The highest BCUT2D eigenvalue weighted by atomic mass is 79.9. The number of halogens is 4. The van der Waals surface area contributed by atoms with Gasteiger partial charge in [-0.1, -0.05) is 45.0 Å². The maximum absolute atomic E-state index is 12.5. The van der Waals surface area contributed by atoms with E-state index in [0.717, 1.165) is 4.47 Å². The van der Waals surface area contributed by atoms with Gasteiger partial charge in [-0.3, -0.25) is 9.59 Å². The Morgan fingerprint density at radius 3 is 2.38 bits per heavy atom. The van der Waals surface area contributed by atoms with Crippen LogP contribution in [0.1, 0.15) is 44.7 Å². The minimum Gasteiger partial charge on any atom is -0.492 e. The first-order valence-corrected chi connectivity index (χ1v) is 10.8. The quantitative estimate of drug-likeness (QED) is 0.442. The van der Waals surface area contributed by atoms with E-state index in [9.17, 15) is 22.8 Å². The molecule has 2 aromatic rings. The van der Waals surface area contributed by atoms with E-state index in [1.807, 2.05) is 23.5 Å². The molecule has 0 bridgehead atoms. The maximum atomic E-state index is 12.5. The number of rotatable bonds is 8. The second-order valence-corrected chi connectivity index (χ2v) is 9.09. The number of hydrogen-bond acceptors (Lipinski definition) is 3. The lowest BCUT2D eigenvalue weighted by atomic mass is 9.87. The smallest absolute Gasteiger partial charge is 0.471 e. The minimum atomic E-state index is -4.99. The lowest BCUT2D eigenvalue weighted by molar-refractivity contribution is -0.167. The molecule has 0 aliphatic carbocycles. The van der Waals surface area contributed by atoms with Crippen LogP contribution in [0, 0.1) is 0 Å². The summed E-state index contributed by atoms with van der Waals surface area (Å²) in [6.07, 6.45) is -4.33. The molecule has 0 spiro atoms. The number of alkyl halides is 3. The molecule has 174 valence electrons. The van der Waals surface area contributed by atoms with E-state index >= 15 is 0 Å². The van der Waals surface area contributed by atoms with E-state index in [-0.39, 0.29) is 30.0 Å². The van der Waals surface area contributed by atoms with Crippen molar-refractivity contribution in [2.75, 3.05) is 11.9 Å². The van der Waals surface area contributed by atoms with E-state index in [1.54, 1.807) is 6.07 Å². The van der Waals surface area contributed by atoms with Crippen molar-refractivity contribution in [2.45, 2.75) is 51.7 Å². The summed E-state index contributed by atoms with van der Waals surface area (Å²) in [5, 5.41) is 4.47. The number of benzene rings is 2. The molecule has 0 unspecified atom stereocenters. The average Bonchev–Trinajstić information content (AvgIpc) is 2.70.